The smallest absolute Gasteiger partial charge is 0.294 e. The van der Waals surface area contributed by atoms with Crippen LogP contribution in [0.5, 0.6) is 0 Å². The summed E-state index contributed by atoms with van der Waals surface area (Å²) >= 11 is 0. The van der Waals surface area contributed by atoms with Gasteiger partial charge in [-0.25, -0.2) is 0 Å². The average Bonchev–Trinajstić information content (AvgIpc) is 2.28. The highest BCUT2D eigenvalue weighted by molar-refractivity contribution is 5.76. The highest BCUT2D eigenvalue weighted by atomic mass is 17.0. The zero-order valence-electron chi connectivity index (χ0n) is 10.9. The highest BCUT2D eigenvalue weighted by Crippen LogP contribution is 2.21. The van der Waals surface area contributed by atoms with Crippen LogP contribution in [-0.4, -0.2) is 48.7 Å². The van der Waals surface area contributed by atoms with Crippen molar-refractivity contribution in [3.8, 4) is 0 Å². The molecule has 0 aromatic rings. The lowest BCUT2D eigenvalue weighted by Gasteiger charge is -2.27. The van der Waals surface area contributed by atoms with E-state index in [2.05, 4.69) is 10.2 Å². The third-order valence-corrected chi connectivity index (χ3v) is 3.06. The zero-order chi connectivity index (χ0) is 13.5. The maximum absolute atomic E-state index is 11.6. The summed E-state index contributed by atoms with van der Waals surface area (Å²) in [7, 11) is 3.85. The van der Waals surface area contributed by atoms with Gasteiger partial charge in [-0.2, -0.15) is 0 Å². The molecular formula is C11H21N3O4. The molecular weight excluding hydrogens is 238 g/mol. The van der Waals surface area contributed by atoms with Crippen LogP contribution in [0, 0.1) is 10.1 Å². The molecule has 1 saturated carbocycles. The van der Waals surface area contributed by atoms with Crippen LogP contribution in [0.4, 0.5) is 0 Å². The largest absolute Gasteiger partial charge is 0.353 e. The summed E-state index contributed by atoms with van der Waals surface area (Å²) in [6.45, 7) is 0.728. The average molecular weight is 259 g/mol. The number of nitrogens with zero attached hydrogens (tertiary/aromatic N) is 2. The van der Waals surface area contributed by atoms with E-state index < -0.39 is 5.09 Å². The topological polar surface area (TPSA) is 84.7 Å². The molecule has 0 aromatic carbocycles. The molecule has 0 atom stereocenters. The summed E-state index contributed by atoms with van der Waals surface area (Å²) in [6.07, 6.45) is 2.91. The molecule has 0 heterocycles. The molecule has 0 bridgehead atoms. The summed E-state index contributed by atoms with van der Waals surface area (Å²) in [5, 5.41) is 12.4. The van der Waals surface area contributed by atoms with Crippen LogP contribution >= 0.6 is 0 Å². The maximum atomic E-state index is 11.6. The van der Waals surface area contributed by atoms with Crippen LogP contribution in [0.2, 0.25) is 0 Å². The van der Waals surface area contributed by atoms with Crippen LogP contribution < -0.4 is 5.32 Å². The maximum Gasteiger partial charge on any atom is 0.294 e. The summed E-state index contributed by atoms with van der Waals surface area (Å²) in [6, 6.07) is 0.131. The molecule has 0 radical (unpaired) electrons. The van der Waals surface area contributed by atoms with E-state index in [1.807, 2.05) is 19.0 Å². The number of carbonyl (C=O) groups excluding carboxylic acids is 1. The first-order chi connectivity index (χ1) is 8.47. The van der Waals surface area contributed by atoms with E-state index in [0.717, 1.165) is 19.4 Å². The summed E-state index contributed by atoms with van der Waals surface area (Å²) in [5.74, 6) is 0.0438. The van der Waals surface area contributed by atoms with Crippen molar-refractivity contribution in [2.45, 2.75) is 44.2 Å². The van der Waals surface area contributed by atoms with Crippen molar-refractivity contribution in [3.63, 3.8) is 0 Å². The van der Waals surface area contributed by atoms with Gasteiger partial charge in [0.15, 0.2) is 0 Å². The standard InChI is InChI=1S/C11H21N3O4/c1-13(2)8-7-11(15)12-9-3-5-10(6-4-9)18-14(16)17/h9-10H,3-8H2,1-2H3,(H,12,15)/t9-,10-. The summed E-state index contributed by atoms with van der Waals surface area (Å²) in [4.78, 5) is 28.3. The van der Waals surface area contributed by atoms with Gasteiger partial charge in [-0.15, -0.1) is 10.1 Å². The van der Waals surface area contributed by atoms with Gasteiger partial charge in [0, 0.05) is 19.0 Å². The first-order valence-electron chi connectivity index (χ1n) is 6.22. The third-order valence-electron chi connectivity index (χ3n) is 3.06. The Labute approximate surface area is 107 Å². The molecule has 7 nitrogen and oxygen atoms in total. The first kappa shape index (κ1) is 14.7. The molecule has 1 N–H and O–H groups in total. The molecule has 0 aromatic heterocycles. The van der Waals surface area contributed by atoms with Gasteiger partial charge in [-0.1, -0.05) is 0 Å². The van der Waals surface area contributed by atoms with Crippen LogP contribution in [0.25, 0.3) is 0 Å². The van der Waals surface area contributed by atoms with Crippen LogP contribution in [0.1, 0.15) is 32.1 Å². The number of hydrogen-bond acceptors (Lipinski definition) is 5. The van der Waals surface area contributed by atoms with E-state index >= 15 is 0 Å². The molecule has 0 saturated heterocycles. The van der Waals surface area contributed by atoms with E-state index in [4.69, 9.17) is 0 Å². The minimum atomic E-state index is -0.735. The molecule has 0 unspecified atom stereocenters. The van der Waals surface area contributed by atoms with Crippen LogP contribution in [0.3, 0.4) is 0 Å². The molecule has 104 valence electrons. The fourth-order valence-corrected chi connectivity index (χ4v) is 2.06. The summed E-state index contributed by atoms with van der Waals surface area (Å²) in [5.41, 5.74) is 0. The Kier molecular flexibility index (Phi) is 5.84. The molecule has 7 heteroatoms. The van der Waals surface area contributed by atoms with Crippen molar-refractivity contribution in [3.05, 3.63) is 10.1 Å². The van der Waals surface area contributed by atoms with E-state index in [1.165, 1.54) is 0 Å². The quantitative estimate of drug-likeness (QED) is 0.557. The molecule has 1 rings (SSSR count). The molecule has 0 spiro atoms. The molecule has 0 aliphatic heterocycles. The minimum absolute atomic E-state index is 0.0438. The Morgan fingerprint density at radius 1 is 1.39 bits per heavy atom. The fraction of sp³-hybridized carbons (Fsp3) is 0.909. The predicted octanol–water partition coefficient (Wildman–Crippen LogP) is 0.574. The molecule has 1 amide bonds. The van der Waals surface area contributed by atoms with E-state index in [-0.39, 0.29) is 18.1 Å². The van der Waals surface area contributed by atoms with Gasteiger partial charge in [-0.05, 0) is 39.8 Å². The van der Waals surface area contributed by atoms with Crippen molar-refractivity contribution in [2.24, 2.45) is 0 Å². The Bertz CT molecular complexity index is 288. The number of amides is 1. The Balaban J connectivity index is 2.18. The third kappa shape index (κ3) is 5.81. The second kappa shape index (κ2) is 7.15. The lowest BCUT2D eigenvalue weighted by Crippen LogP contribution is -2.40. The second-order valence-electron chi connectivity index (χ2n) is 4.92. The number of nitrogens with one attached hydrogen (secondary N) is 1. The Morgan fingerprint density at radius 2 is 2.00 bits per heavy atom. The van der Waals surface area contributed by atoms with Gasteiger partial charge in [0.1, 0.15) is 6.10 Å². The first-order valence-corrected chi connectivity index (χ1v) is 6.22. The van der Waals surface area contributed by atoms with Crippen molar-refractivity contribution in [1.82, 2.24) is 10.2 Å². The highest BCUT2D eigenvalue weighted by Gasteiger charge is 2.24. The fourth-order valence-electron chi connectivity index (χ4n) is 2.06. The van der Waals surface area contributed by atoms with E-state index in [0.29, 0.717) is 19.3 Å². The second-order valence-corrected chi connectivity index (χ2v) is 4.92. The zero-order valence-corrected chi connectivity index (χ0v) is 10.9. The lowest BCUT2D eigenvalue weighted by atomic mass is 9.93. The number of carbonyl (C=O) groups is 1. The predicted molar refractivity (Wildman–Crippen MR) is 65.4 cm³/mol. The molecule has 1 aliphatic rings. The minimum Gasteiger partial charge on any atom is -0.353 e. The van der Waals surface area contributed by atoms with Crippen molar-refractivity contribution in [2.75, 3.05) is 20.6 Å². The molecule has 1 aliphatic carbocycles. The van der Waals surface area contributed by atoms with Gasteiger partial charge < -0.3 is 15.1 Å². The lowest BCUT2D eigenvalue weighted by molar-refractivity contribution is -0.769. The summed E-state index contributed by atoms with van der Waals surface area (Å²) < 4.78 is 0. The molecule has 1 fully saturated rings. The van der Waals surface area contributed by atoms with Gasteiger partial charge in [-0.3, -0.25) is 4.79 Å². The van der Waals surface area contributed by atoms with Gasteiger partial charge in [0.25, 0.3) is 5.09 Å². The van der Waals surface area contributed by atoms with Gasteiger partial charge >= 0.3 is 0 Å². The van der Waals surface area contributed by atoms with Gasteiger partial charge in [0.05, 0.1) is 0 Å². The monoisotopic (exact) mass is 259 g/mol. The number of hydrogen-bond donors (Lipinski definition) is 1. The van der Waals surface area contributed by atoms with Crippen molar-refractivity contribution < 1.29 is 14.7 Å². The van der Waals surface area contributed by atoms with Crippen molar-refractivity contribution >= 4 is 5.91 Å². The van der Waals surface area contributed by atoms with Crippen molar-refractivity contribution in [1.29, 1.82) is 0 Å². The SMILES string of the molecule is CN(C)CCC(=O)N[C@H]1CC[C@H](O[N+](=O)[O-])CC1. The molecule has 18 heavy (non-hydrogen) atoms. The Morgan fingerprint density at radius 3 is 2.50 bits per heavy atom. The van der Waals surface area contributed by atoms with Gasteiger partial charge in [0.2, 0.25) is 5.91 Å². The normalized spacial score (nSPS) is 23.7. The van der Waals surface area contributed by atoms with E-state index in [9.17, 15) is 14.9 Å². The number of rotatable bonds is 6. The van der Waals surface area contributed by atoms with Crippen LogP contribution in [-0.2, 0) is 9.63 Å². The Hall–Kier alpha value is -1.37. The van der Waals surface area contributed by atoms with E-state index in [1.54, 1.807) is 0 Å². The van der Waals surface area contributed by atoms with Crippen LogP contribution in [0.15, 0.2) is 0 Å².